The van der Waals surface area contributed by atoms with Gasteiger partial charge in [-0.05, 0) is 6.08 Å². The molecule has 0 heterocycles. The number of alkyl halides is 1. The smallest absolute Gasteiger partial charge is 0.303 e. The summed E-state index contributed by atoms with van der Waals surface area (Å²) in [5.41, 5.74) is 0. The highest BCUT2D eigenvalue weighted by Gasteiger charge is 2.41. The van der Waals surface area contributed by atoms with E-state index in [4.69, 9.17) is 14.2 Å². The van der Waals surface area contributed by atoms with Crippen molar-refractivity contribution in [1.82, 2.24) is 0 Å². The van der Waals surface area contributed by atoms with Crippen molar-refractivity contribution in [2.75, 3.05) is 0 Å². The quantitative estimate of drug-likeness (QED) is 0.333. The fourth-order valence-electron chi connectivity index (χ4n) is 1.75. The lowest BCUT2D eigenvalue weighted by molar-refractivity contribution is -0.179. The Labute approximate surface area is 119 Å². The molecule has 0 N–H and O–H groups in total. The summed E-state index contributed by atoms with van der Waals surface area (Å²) in [4.78, 5) is 33.0. The van der Waals surface area contributed by atoms with Crippen LogP contribution in [0.2, 0.25) is 0 Å². The molecule has 0 aromatic rings. The third-order valence-corrected chi connectivity index (χ3v) is 3.18. The first kappa shape index (κ1) is 15.7. The highest BCUT2D eigenvalue weighted by molar-refractivity contribution is 9.09. The predicted molar refractivity (Wildman–Crippen MR) is 68.5 cm³/mol. The summed E-state index contributed by atoms with van der Waals surface area (Å²) in [5.74, 6) is -1.57. The zero-order valence-electron chi connectivity index (χ0n) is 10.8. The topological polar surface area (TPSA) is 78.9 Å². The second kappa shape index (κ2) is 6.70. The number of hydrogen-bond donors (Lipinski definition) is 0. The van der Waals surface area contributed by atoms with E-state index in [0.717, 1.165) is 0 Å². The minimum Gasteiger partial charge on any atom is -0.457 e. The van der Waals surface area contributed by atoms with Crippen LogP contribution in [-0.4, -0.2) is 41.0 Å². The molecule has 0 saturated carbocycles. The fraction of sp³-hybridized carbons (Fsp3) is 0.583. The second-order valence-corrected chi connectivity index (χ2v) is 5.11. The van der Waals surface area contributed by atoms with Crippen LogP contribution >= 0.6 is 15.9 Å². The van der Waals surface area contributed by atoms with Crippen LogP contribution in [0.5, 0.6) is 0 Å². The Balaban J connectivity index is 2.97. The molecule has 0 aromatic heterocycles. The lowest BCUT2D eigenvalue weighted by atomic mass is 9.98. The molecule has 4 atom stereocenters. The number of ether oxygens (including phenoxy) is 3. The van der Waals surface area contributed by atoms with Gasteiger partial charge in [-0.15, -0.1) is 0 Å². The molecular weight excluding hydrogens is 320 g/mol. The van der Waals surface area contributed by atoms with Crippen molar-refractivity contribution in [2.24, 2.45) is 0 Å². The largest absolute Gasteiger partial charge is 0.457 e. The molecule has 6 nitrogen and oxygen atoms in total. The van der Waals surface area contributed by atoms with Crippen LogP contribution in [0.4, 0.5) is 0 Å². The normalized spacial score (nSPS) is 29.5. The Kier molecular flexibility index (Phi) is 5.53. The zero-order chi connectivity index (χ0) is 14.6. The third kappa shape index (κ3) is 4.66. The summed E-state index contributed by atoms with van der Waals surface area (Å²) in [6.45, 7) is 3.74. The number of rotatable bonds is 3. The lowest BCUT2D eigenvalue weighted by Crippen LogP contribution is -2.50. The van der Waals surface area contributed by atoms with Crippen LogP contribution in [0.15, 0.2) is 12.2 Å². The first-order chi connectivity index (χ1) is 8.81. The molecule has 0 aliphatic heterocycles. The Bertz CT molecular complexity index is 405. The van der Waals surface area contributed by atoms with E-state index >= 15 is 0 Å². The molecular formula is C12H15BrO6. The van der Waals surface area contributed by atoms with Crippen molar-refractivity contribution in [2.45, 2.75) is 43.9 Å². The van der Waals surface area contributed by atoms with Crippen LogP contribution in [0.3, 0.4) is 0 Å². The van der Waals surface area contributed by atoms with Gasteiger partial charge in [0.15, 0.2) is 18.3 Å². The second-order valence-electron chi connectivity index (χ2n) is 4.05. The SMILES string of the molecule is CC(=O)O[C@@H]1[C@H](OC(C)=O)[C@@H](OC(C)=O)C=C[C@H]1Br. The lowest BCUT2D eigenvalue weighted by Gasteiger charge is -2.35. The van der Waals surface area contributed by atoms with Gasteiger partial charge in [0.2, 0.25) is 0 Å². The average Bonchev–Trinajstić information content (AvgIpc) is 2.25. The first-order valence-electron chi connectivity index (χ1n) is 5.65. The van der Waals surface area contributed by atoms with Crippen LogP contribution in [0.25, 0.3) is 0 Å². The minimum atomic E-state index is -0.875. The molecule has 0 aromatic carbocycles. The van der Waals surface area contributed by atoms with E-state index in [9.17, 15) is 14.4 Å². The van der Waals surface area contributed by atoms with E-state index < -0.39 is 36.2 Å². The van der Waals surface area contributed by atoms with Crippen LogP contribution in [0.1, 0.15) is 20.8 Å². The standard InChI is InChI=1S/C12H15BrO6/c1-6(14)17-10-5-4-9(13)11(18-7(2)15)12(10)19-8(3)16/h4-5,9-12H,1-3H3/t9-,10+,11+,12-/m1/s1. The molecule has 0 fully saturated rings. The molecule has 0 radical (unpaired) electrons. The van der Waals surface area contributed by atoms with Gasteiger partial charge in [0, 0.05) is 20.8 Å². The Morgan fingerprint density at radius 3 is 1.79 bits per heavy atom. The molecule has 1 rings (SSSR count). The summed E-state index contributed by atoms with van der Waals surface area (Å²) in [5, 5.41) is 0. The summed E-state index contributed by atoms with van der Waals surface area (Å²) in [6.07, 6.45) is 0.866. The van der Waals surface area contributed by atoms with E-state index in [-0.39, 0.29) is 4.83 Å². The molecule has 0 amide bonds. The van der Waals surface area contributed by atoms with Gasteiger partial charge in [0.05, 0.1) is 4.83 Å². The maximum Gasteiger partial charge on any atom is 0.303 e. The van der Waals surface area contributed by atoms with E-state index in [1.165, 1.54) is 20.8 Å². The first-order valence-corrected chi connectivity index (χ1v) is 6.57. The minimum absolute atomic E-state index is 0.326. The van der Waals surface area contributed by atoms with Crippen molar-refractivity contribution in [3.05, 3.63) is 12.2 Å². The van der Waals surface area contributed by atoms with Crippen LogP contribution < -0.4 is 0 Å². The van der Waals surface area contributed by atoms with Gasteiger partial charge < -0.3 is 14.2 Å². The molecule has 1 aliphatic carbocycles. The Morgan fingerprint density at radius 1 is 0.842 bits per heavy atom. The maximum absolute atomic E-state index is 11.1. The van der Waals surface area contributed by atoms with E-state index in [1.807, 2.05) is 0 Å². The van der Waals surface area contributed by atoms with Crippen molar-refractivity contribution in [3.63, 3.8) is 0 Å². The molecule has 1 aliphatic rings. The summed E-state index contributed by atoms with van der Waals surface area (Å²) >= 11 is 3.31. The van der Waals surface area contributed by atoms with Gasteiger partial charge in [0.25, 0.3) is 0 Å². The Hall–Kier alpha value is -1.37. The van der Waals surface area contributed by atoms with Crippen molar-refractivity contribution >= 4 is 33.8 Å². The molecule has 7 heteroatoms. The maximum atomic E-state index is 11.1. The fourth-order valence-corrected chi connectivity index (χ4v) is 2.34. The highest BCUT2D eigenvalue weighted by atomic mass is 79.9. The monoisotopic (exact) mass is 334 g/mol. The van der Waals surface area contributed by atoms with Crippen molar-refractivity contribution < 1.29 is 28.6 Å². The van der Waals surface area contributed by atoms with Gasteiger partial charge in [-0.1, -0.05) is 22.0 Å². The summed E-state index contributed by atoms with van der Waals surface area (Å²) < 4.78 is 15.3. The summed E-state index contributed by atoms with van der Waals surface area (Å²) in [7, 11) is 0. The number of esters is 3. The summed E-state index contributed by atoms with van der Waals surface area (Å²) in [6, 6.07) is 0. The number of carbonyl (C=O) groups is 3. The molecule has 0 saturated heterocycles. The zero-order valence-corrected chi connectivity index (χ0v) is 12.4. The van der Waals surface area contributed by atoms with Crippen LogP contribution in [0, 0.1) is 0 Å². The van der Waals surface area contributed by atoms with Crippen molar-refractivity contribution in [3.8, 4) is 0 Å². The van der Waals surface area contributed by atoms with Gasteiger partial charge in [-0.2, -0.15) is 0 Å². The van der Waals surface area contributed by atoms with Gasteiger partial charge in [0.1, 0.15) is 0 Å². The third-order valence-electron chi connectivity index (χ3n) is 2.35. The molecule has 0 spiro atoms. The molecule has 0 unspecified atom stereocenters. The van der Waals surface area contributed by atoms with Crippen LogP contribution in [-0.2, 0) is 28.6 Å². The molecule has 106 valence electrons. The van der Waals surface area contributed by atoms with E-state index in [0.29, 0.717) is 0 Å². The van der Waals surface area contributed by atoms with E-state index in [2.05, 4.69) is 15.9 Å². The molecule has 19 heavy (non-hydrogen) atoms. The average molecular weight is 335 g/mol. The predicted octanol–water partition coefficient (Wildman–Crippen LogP) is 1.11. The van der Waals surface area contributed by atoms with Gasteiger partial charge >= 0.3 is 17.9 Å². The van der Waals surface area contributed by atoms with E-state index in [1.54, 1.807) is 12.2 Å². The van der Waals surface area contributed by atoms with Gasteiger partial charge in [-0.3, -0.25) is 14.4 Å². The number of carbonyl (C=O) groups excluding carboxylic acids is 3. The highest BCUT2D eigenvalue weighted by Crippen LogP contribution is 2.27. The van der Waals surface area contributed by atoms with Crippen molar-refractivity contribution in [1.29, 1.82) is 0 Å². The number of halogens is 1. The van der Waals surface area contributed by atoms with Gasteiger partial charge in [-0.25, -0.2) is 0 Å². The Morgan fingerprint density at radius 2 is 1.32 bits per heavy atom. The number of hydrogen-bond acceptors (Lipinski definition) is 6. The molecule has 0 bridgehead atoms.